The number of aliphatic hydroxyl groups is 4. The number of ether oxygens (including phenoxy) is 1. The summed E-state index contributed by atoms with van der Waals surface area (Å²) in [6.07, 6.45) is -5.23. The third kappa shape index (κ3) is 2.64. The molecule has 0 radical (unpaired) electrons. The third-order valence-corrected chi connectivity index (χ3v) is 1.47. The van der Waals surface area contributed by atoms with Gasteiger partial charge in [0, 0.05) is 0 Å². The normalized spacial score (nSPS) is 41.0. The number of aliphatic hydroxyl groups excluding tert-OH is 4. The van der Waals surface area contributed by atoms with Crippen LogP contribution in [0.1, 0.15) is 0 Å². The Bertz CT molecular complexity index is 104. The Morgan fingerprint density at radius 1 is 0.917 bits per heavy atom. The second-order valence-corrected chi connectivity index (χ2v) is 2.27. The van der Waals surface area contributed by atoms with Crippen LogP contribution in [0.5, 0.6) is 0 Å². The van der Waals surface area contributed by atoms with Crippen molar-refractivity contribution in [3.8, 4) is 0 Å². The molecule has 1 aliphatic heterocycles. The highest BCUT2D eigenvalue weighted by atomic mass is 16.6. The molecule has 7 nitrogen and oxygen atoms in total. The first-order valence-corrected chi connectivity index (χ1v) is 2.97. The van der Waals surface area contributed by atoms with Crippen molar-refractivity contribution in [3.63, 3.8) is 0 Å². The Morgan fingerprint density at radius 2 is 1.42 bits per heavy atom. The van der Waals surface area contributed by atoms with Gasteiger partial charge in [-0.1, -0.05) is 0 Å². The van der Waals surface area contributed by atoms with Crippen LogP contribution in [0.4, 0.5) is 0 Å². The molecule has 1 rings (SSSR count). The molecule has 0 bridgehead atoms. The standard InChI is InChI=1S/C5H10O5.2H2O/c6-2-1-10-5(9)4(8)3(2)7;;/h2-9H,1H2;2*1H2/t2-,3+,4-,5+;;/m1../s1. The van der Waals surface area contributed by atoms with Crippen LogP contribution in [0, 0.1) is 0 Å². The summed E-state index contributed by atoms with van der Waals surface area (Å²) in [5.41, 5.74) is 0. The number of rotatable bonds is 0. The quantitative estimate of drug-likeness (QED) is 0.302. The summed E-state index contributed by atoms with van der Waals surface area (Å²) in [5, 5.41) is 35.3. The largest absolute Gasteiger partial charge is 0.412 e. The van der Waals surface area contributed by atoms with Crippen LogP contribution in [-0.4, -0.2) is 62.6 Å². The third-order valence-electron chi connectivity index (χ3n) is 1.47. The molecule has 0 saturated carbocycles. The van der Waals surface area contributed by atoms with E-state index >= 15 is 0 Å². The van der Waals surface area contributed by atoms with E-state index < -0.39 is 24.6 Å². The molecule has 1 saturated heterocycles. The number of hydrogen-bond acceptors (Lipinski definition) is 5. The fraction of sp³-hybridized carbons (Fsp3) is 1.00. The Labute approximate surface area is 68.4 Å². The zero-order valence-electron chi connectivity index (χ0n) is 6.21. The zero-order valence-corrected chi connectivity index (χ0v) is 6.21. The highest BCUT2D eigenvalue weighted by Gasteiger charge is 2.36. The molecule has 0 aliphatic carbocycles. The Kier molecular flexibility index (Phi) is 6.39. The van der Waals surface area contributed by atoms with Crippen LogP contribution < -0.4 is 0 Å². The average Bonchev–Trinajstić information content (AvgIpc) is 1.93. The van der Waals surface area contributed by atoms with Crippen molar-refractivity contribution in [2.24, 2.45) is 0 Å². The fourth-order valence-electron chi connectivity index (χ4n) is 0.791. The first kappa shape index (κ1) is 14.3. The molecule has 1 fully saturated rings. The van der Waals surface area contributed by atoms with Crippen LogP contribution in [0.3, 0.4) is 0 Å². The average molecular weight is 186 g/mol. The van der Waals surface area contributed by atoms with Gasteiger partial charge in [-0.25, -0.2) is 0 Å². The second-order valence-electron chi connectivity index (χ2n) is 2.27. The van der Waals surface area contributed by atoms with E-state index in [-0.39, 0.29) is 17.6 Å². The maximum absolute atomic E-state index is 8.88. The monoisotopic (exact) mass is 186 g/mol. The molecule has 0 spiro atoms. The van der Waals surface area contributed by atoms with Crippen LogP contribution >= 0.6 is 0 Å². The highest BCUT2D eigenvalue weighted by Crippen LogP contribution is 2.12. The van der Waals surface area contributed by atoms with Gasteiger partial charge in [0.25, 0.3) is 0 Å². The van der Waals surface area contributed by atoms with Crippen LogP contribution in [0.15, 0.2) is 0 Å². The van der Waals surface area contributed by atoms with E-state index in [9.17, 15) is 0 Å². The van der Waals surface area contributed by atoms with Gasteiger partial charge in [0.2, 0.25) is 0 Å². The van der Waals surface area contributed by atoms with Gasteiger partial charge < -0.3 is 36.1 Å². The molecule has 1 aliphatic rings. The SMILES string of the molecule is O.O.O[C@@H]1[C@@H](O)[C@@H](O)OC[C@H]1O. The molecular weight excluding hydrogens is 172 g/mol. The minimum Gasteiger partial charge on any atom is -0.412 e. The van der Waals surface area contributed by atoms with Crippen molar-refractivity contribution in [1.29, 1.82) is 0 Å². The van der Waals surface area contributed by atoms with Crippen LogP contribution in [0.2, 0.25) is 0 Å². The summed E-state index contributed by atoms with van der Waals surface area (Å²) in [4.78, 5) is 0. The zero-order chi connectivity index (χ0) is 7.72. The van der Waals surface area contributed by atoms with E-state index in [2.05, 4.69) is 4.74 Å². The van der Waals surface area contributed by atoms with Gasteiger partial charge in [-0.15, -0.1) is 0 Å². The Balaban J connectivity index is 0. The van der Waals surface area contributed by atoms with Crippen molar-refractivity contribution < 1.29 is 36.1 Å². The minimum atomic E-state index is -1.41. The summed E-state index contributed by atoms with van der Waals surface area (Å²) in [5.74, 6) is 0. The van der Waals surface area contributed by atoms with E-state index in [1.165, 1.54) is 0 Å². The predicted octanol–water partition coefficient (Wildman–Crippen LogP) is -4.23. The molecular formula is C5H14O7. The molecule has 0 amide bonds. The van der Waals surface area contributed by atoms with E-state index in [0.29, 0.717) is 0 Å². The lowest BCUT2D eigenvalue weighted by Crippen LogP contribution is -2.52. The molecule has 7 heteroatoms. The second kappa shape index (κ2) is 5.38. The van der Waals surface area contributed by atoms with Crippen molar-refractivity contribution in [1.82, 2.24) is 0 Å². The van der Waals surface area contributed by atoms with Crippen LogP contribution in [-0.2, 0) is 4.74 Å². The summed E-state index contributed by atoms with van der Waals surface area (Å²) in [6, 6.07) is 0. The predicted molar refractivity (Wildman–Crippen MR) is 37.2 cm³/mol. The van der Waals surface area contributed by atoms with E-state index in [4.69, 9.17) is 20.4 Å². The van der Waals surface area contributed by atoms with Crippen molar-refractivity contribution in [2.75, 3.05) is 6.61 Å². The molecule has 4 atom stereocenters. The molecule has 8 N–H and O–H groups in total. The summed E-state index contributed by atoms with van der Waals surface area (Å²) >= 11 is 0. The molecule has 76 valence electrons. The maximum Gasteiger partial charge on any atom is 0.183 e. The van der Waals surface area contributed by atoms with Gasteiger partial charge in [0.1, 0.15) is 18.3 Å². The maximum atomic E-state index is 8.88. The van der Waals surface area contributed by atoms with Gasteiger partial charge in [0.05, 0.1) is 6.61 Å². The molecule has 0 aromatic rings. The molecule has 0 unspecified atom stereocenters. The molecule has 1 heterocycles. The highest BCUT2D eigenvalue weighted by molar-refractivity contribution is 4.81. The van der Waals surface area contributed by atoms with E-state index in [0.717, 1.165) is 0 Å². The van der Waals surface area contributed by atoms with Crippen molar-refractivity contribution >= 4 is 0 Å². The molecule has 12 heavy (non-hydrogen) atoms. The van der Waals surface area contributed by atoms with Gasteiger partial charge in [-0.3, -0.25) is 0 Å². The van der Waals surface area contributed by atoms with E-state index in [1.54, 1.807) is 0 Å². The lowest BCUT2D eigenvalue weighted by atomic mass is 10.1. The Morgan fingerprint density at radius 3 is 1.83 bits per heavy atom. The van der Waals surface area contributed by atoms with Gasteiger partial charge in [0.15, 0.2) is 6.29 Å². The smallest absolute Gasteiger partial charge is 0.183 e. The van der Waals surface area contributed by atoms with E-state index in [1.807, 2.05) is 0 Å². The van der Waals surface area contributed by atoms with Gasteiger partial charge in [-0.2, -0.15) is 0 Å². The summed E-state index contributed by atoms with van der Waals surface area (Å²) in [7, 11) is 0. The lowest BCUT2D eigenvalue weighted by molar-refractivity contribution is -0.252. The Hall–Kier alpha value is -0.280. The number of hydrogen-bond donors (Lipinski definition) is 4. The topological polar surface area (TPSA) is 153 Å². The van der Waals surface area contributed by atoms with Crippen molar-refractivity contribution in [3.05, 3.63) is 0 Å². The molecule has 0 aromatic carbocycles. The first-order chi connectivity index (χ1) is 4.63. The van der Waals surface area contributed by atoms with Crippen LogP contribution in [0.25, 0.3) is 0 Å². The van der Waals surface area contributed by atoms with Crippen molar-refractivity contribution in [2.45, 2.75) is 24.6 Å². The summed E-state index contributed by atoms with van der Waals surface area (Å²) in [6.45, 7) is -0.153. The van der Waals surface area contributed by atoms with Gasteiger partial charge in [-0.05, 0) is 0 Å². The fourth-order valence-corrected chi connectivity index (χ4v) is 0.791. The molecule has 0 aromatic heterocycles. The van der Waals surface area contributed by atoms with Gasteiger partial charge >= 0.3 is 0 Å². The minimum absolute atomic E-state index is 0. The first-order valence-electron chi connectivity index (χ1n) is 2.97. The lowest BCUT2D eigenvalue weighted by Gasteiger charge is -2.31. The summed E-state index contributed by atoms with van der Waals surface area (Å²) < 4.78 is 4.47.